The van der Waals surface area contributed by atoms with E-state index in [9.17, 15) is 4.79 Å². The number of rotatable bonds is 18. The van der Waals surface area contributed by atoms with E-state index in [1.807, 2.05) is 6.92 Å². The molecule has 5 nitrogen and oxygen atoms in total. The Morgan fingerprint density at radius 2 is 1.19 bits per heavy atom. The lowest BCUT2D eigenvalue weighted by Crippen LogP contribution is -2.38. The SMILES string of the molecule is Cc1n[nH][n+](CCCCCCCCCCCCCCCCCC(=O)O)c1C. The van der Waals surface area contributed by atoms with Gasteiger partial charge in [-0.15, -0.1) is 0 Å². The van der Waals surface area contributed by atoms with Crippen molar-refractivity contribution in [2.75, 3.05) is 0 Å². The van der Waals surface area contributed by atoms with Crippen molar-refractivity contribution in [1.29, 1.82) is 0 Å². The van der Waals surface area contributed by atoms with E-state index < -0.39 is 5.97 Å². The zero-order valence-corrected chi connectivity index (χ0v) is 17.8. The van der Waals surface area contributed by atoms with Gasteiger partial charge in [0.05, 0.1) is 0 Å². The number of aromatic amines is 1. The van der Waals surface area contributed by atoms with E-state index in [0.29, 0.717) is 6.42 Å². The van der Waals surface area contributed by atoms with Crippen LogP contribution in [0.1, 0.15) is 114 Å². The molecule has 5 heteroatoms. The zero-order valence-electron chi connectivity index (χ0n) is 17.8. The average Bonchev–Trinajstić information content (AvgIpc) is 2.96. The topological polar surface area (TPSA) is 69.9 Å². The molecule has 1 aromatic rings. The molecule has 27 heavy (non-hydrogen) atoms. The first-order chi connectivity index (χ1) is 13.1. The van der Waals surface area contributed by atoms with Gasteiger partial charge in [-0.25, -0.2) is 0 Å². The molecule has 2 N–H and O–H groups in total. The van der Waals surface area contributed by atoms with Crippen LogP contribution in [0.4, 0.5) is 0 Å². The van der Waals surface area contributed by atoms with Crippen LogP contribution in [0, 0.1) is 13.8 Å². The van der Waals surface area contributed by atoms with Crippen LogP contribution < -0.4 is 4.68 Å². The third kappa shape index (κ3) is 12.6. The number of aryl methyl sites for hydroxylation is 2. The molecule has 0 unspecified atom stereocenters. The Bertz CT molecular complexity index is 500. The van der Waals surface area contributed by atoms with Crippen LogP contribution in [0.3, 0.4) is 0 Å². The van der Waals surface area contributed by atoms with Gasteiger partial charge in [0.25, 0.3) is 0 Å². The predicted molar refractivity (Wildman–Crippen MR) is 110 cm³/mol. The summed E-state index contributed by atoms with van der Waals surface area (Å²) in [5.74, 6) is -0.659. The number of unbranched alkanes of at least 4 members (excludes halogenated alkanes) is 14. The van der Waals surface area contributed by atoms with Crippen molar-refractivity contribution < 1.29 is 14.6 Å². The lowest BCUT2D eigenvalue weighted by molar-refractivity contribution is -0.759. The quantitative estimate of drug-likeness (QED) is 0.256. The molecule has 0 atom stereocenters. The van der Waals surface area contributed by atoms with Gasteiger partial charge < -0.3 is 5.11 Å². The molecule has 0 fully saturated rings. The molecule has 0 saturated heterocycles. The van der Waals surface area contributed by atoms with Crippen LogP contribution in [-0.2, 0) is 11.3 Å². The standard InChI is InChI=1S/C22H41N3O2/c1-20-21(2)25(24-23-20)19-17-15-13-11-9-7-5-3-4-6-8-10-12-14-16-18-22(26)27/h3-19H2,1-2H3,(H,26,27)/p+1. The van der Waals surface area contributed by atoms with E-state index in [2.05, 4.69) is 21.9 Å². The van der Waals surface area contributed by atoms with Crippen LogP contribution in [0.2, 0.25) is 0 Å². The molecule has 0 aliphatic carbocycles. The maximum absolute atomic E-state index is 10.4. The Labute approximate surface area is 165 Å². The minimum absolute atomic E-state index is 0.336. The zero-order chi connectivity index (χ0) is 19.7. The Morgan fingerprint density at radius 3 is 1.56 bits per heavy atom. The summed E-state index contributed by atoms with van der Waals surface area (Å²) in [6.07, 6.45) is 19.6. The Hall–Kier alpha value is -1.39. The summed E-state index contributed by atoms with van der Waals surface area (Å²) in [6.45, 7) is 5.24. The molecule has 0 saturated carbocycles. The molecule has 0 radical (unpaired) electrons. The fourth-order valence-electron chi connectivity index (χ4n) is 3.55. The lowest BCUT2D eigenvalue weighted by atomic mass is 10.0. The molecule has 0 aromatic carbocycles. The van der Waals surface area contributed by atoms with Gasteiger partial charge in [0, 0.05) is 25.4 Å². The van der Waals surface area contributed by atoms with E-state index in [0.717, 1.165) is 25.1 Å². The van der Waals surface area contributed by atoms with Gasteiger partial charge in [-0.3, -0.25) is 4.79 Å². The lowest BCUT2D eigenvalue weighted by Gasteiger charge is -2.03. The molecular formula is C22H42N3O2+. The minimum Gasteiger partial charge on any atom is -0.481 e. The van der Waals surface area contributed by atoms with Crippen LogP contribution in [0.15, 0.2) is 0 Å². The fourth-order valence-corrected chi connectivity index (χ4v) is 3.55. The molecule has 1 rings (SSSR count). The number of carboxylic acid groups (broad SMARTS) is 1. The molecular weight excluding hydrogens is 338 g/mol. The molecule has 0 spiro atoms. The van der Waals surface area contributed by atoms with Crippen molar-refractivity contribution in [2.24, 2.45) is 0 Å². The number of hydrogen-bond acceptors (Lipinski definition) is 2. The van der Waals surface area contributed by atoms with Crippen LogP contribution in [-0.4, -0.2) is 21.4 Å². The summed E-state index contributed by atoms with van der Waals surface area (Å²) in [5.41, 5.74) is 2.36. The normalized spacial score (nSPS) is 11.2. The van der Waals surface area contributed by atoms with E-state index in [-0.39, 0.29) is 0 Å². The van der Waals surface area contributed by atoms with Gasteiger partial charge >= 0.3 is 5.97 Å². The highest BCUT2D eigenvalue weighted by molar-refractivity contribution is 5.66. The Balaban J connectivity index is 1.74. The van der Waals surface area contributed by atoms with Crippen LogP contribution in [0.5, 0.6) is 0 Å². The first-order valence-corrected chi connectivity index (χ1v) is 11.2. The molecule has 0 aliphatic heterocycles. The number of aliphatic carboxylic acids is 1. The maximum Gasteiger partial charge on any atom is 0.303 e. The highest BCUT2D eigenvalue weighted by Crippen LogP contribution is 2.13. The summed E-state index contributed by atoms with van der Waals surface area (Å²) >= 11 is 0. The minimum atomic E-state index is -0.659. The third-order valence-corrected chi connectivity index (χ3v) is 5.54. The number of hydrogen-bond donors (Lipinski definition) is 2. The van der Waals surface area contributed by atoms with Gasteiger partial charge in [0.15, 0.2) is 5.69 Å². The van der Waals surface area contributed by atoms with Gasteiger partial charge in [0.2, 0.25) is 5.69 Å². The second kappa shape index (κ2) is 15.6. The molecule has 1 heterocycles. The smallest absolute Gasteiger partial charge is 0.303 e. The van der Waals surface area contributed by atoms with Crippen molar-refractivity contribution in [3.63, 3.8) is 0 Å². The number of nitrogens with zero attached hydrogens (tertiary/aromatic N) is 2. The number of H-pyrrole nitrogens is 1. The van der Waals surface area contributed by atoms with Crippen LogP contribution >= 0.6 is 0 Å². The average molecular weight is 381 g/mol. The highest BCUT2D eigenvalue weighted by atomic mass is 16.4. The Morgan fingerprint density at radius 1 is 0.778 bits per heavy atom. The summed E-state index contributed by atoms with van der Waals surface area (Å²) in [7, 11) is 0. The predicted octanol–water partition coefficient (Wildman–Crippen LogP) is 5.64. The van der Waals surface area contributed by atoms with E-state index in [4.69, 9.17) is 5.11 Å². The van der Waals surface area contributed by atoms with E-state index in [1.165, 1.54) is 89.2 Å². The molecule has 156 valence electrons. The van der Waals surface area contributed by atoms with Gasteiger partial charge in [-0.2, -0.15) is 4.68 Å². The maximum atomic E-state index is 10.4. The van der Waals surface area contributed by atoms with Crippen molar-refractivity contribution in [3.8, 4) is 0 Å². The third-order valence-electron chi connectivity index (χ3n) is 5.54. The molecule has 0 bridgehead atoms. The largest absolute Gasteiger partial charge is 0.481 e. The van der Waals surface area contributed by atoms with E-state index >= 15 is 0 Å². The number of carboxylic acids is 1. The van der Waals surface area contributed by atoms with Gasteiger partial charge in [0.1, 0.15) is 6.54 Å². The summed E-state index contributed by atoms with van der Waals surface area (Å²) in [5, 5.41) is 15.9. The monoisotopic (exact) mass is 380 g/mol. The first kappa shape index (κ1) is 23.6. The summed E-state index contributed by atoms with van der Waals surface area (Å²) < 4.78 is 2.16. The van der Waals surface area contributed by atoms with Crippen molar-refractivity contribution in [3.05, 3.63) is 11.4 Å². The van der Waals surface area contributed by atoms with Gasteiger partial charge in [-0.05, 0) is 19.3 Å². The number of nitrogens with one attached hydrogen (secondary N) is 1. The molecule has 1 aromatic heterocycles. The highest BCUT2D eigenvalue weighted by Gasteiger charge is 2.11. The Kier molecular flexibility index (Phi) is 13.7. The summed E-state index contributed by atoms with van der Waals surface area (Å²) in [6, 6.07) is 0. The van der Waals surface area contributed by atoms with Crippen molar-refractivity contribution in [2.45, 2.75) is 123 Å². The van der Waals surface area contributed by atoms with Crippen molar-refractivity contribution in [1.82, 2.24) is 10.3 Å². The van der Waals surface area contributed by atoms with Gasteiger partial charge in [-0.1, -0.05) is 82.3 Å². The number of carbonyl (C=O) groups is 1. The van der Waals surface area contributed by atoms with E-state index in [1.54, 1.807) is 0 Å². The summed E-state index contributed by atoms with van der Waals surface area (Å²) in [4.78, 5) is 10.4. The molecule has 0 aliphatic rings. The second-order valence-corrected chi connectivity index (χ2v) is 7.98. The number of aromatic nitrogens is 3. The molecule has 0 amide bonds. The fraction of sp³-hybridized carbons (Fsp3) is 0.864. The second-order valence-electron chi connectivity index (χ2n) is 7.98. The first-order valence-electron chi connectivity index (χ1n) is 11.2. The van der Waals surface area contributed by atoms with Crippen molar-refractivity contribution >= 4 is 5.97 Å². The van der Waals surface area contributed by atoms with Crippen LogP contribution in [0.25, 0.3) is 0 Å².